The van der Waals surface area contributed by atoms with Crippen LogP contribution in [0.4, 0.5) is 10.8 Å². The predicted octanol–water partition coefficient (Wildman–Crippen LogP) is 4.20. The number of aryl methyl sites for hydroxylation is 1. The molecule has 2 aromatic carbocycles. The summed E-state index contributed by atoms with van der Waals surface area (Å²) >= 11 is 2.82. The van der Waals surface area contributed by atoms with Gasteiger partial charge in [0.1, 0.15) is 5.75 Å². The molecule has 28 heavy (non-hydrogen) atoms. The van der Waals surface area contributed by atoms with E-state index >= 15 is 0 Å². The summed E-state index contributed by atoms with van der Waals surface area (Å²) in [6, 6.07) is 16.5. The minimum atomic E-state index is -0.234. The zero-order valence-electron chi connectivity index (χ0n) is 15.2. The highest BCUT2D eigenvalue weighted by atomic mass is 32.2. The van der Waals surface area contributed by atoms with Gasteiger partial charge in [0.25, 0.3) is 5.91 Å². The molecule has 1 aromatic heterocycles. The fourth-order valence-electron chi connectivity index (χ4n) is 2.21. The van der Waals surface area contributed by atoms with Crippen molar-refractivity contribution in [3.05, 3.63) is 65.7 Å². The average Bonchev–Trinajstić information content (AvgIpc) is 3.11. The molecule has 144 valence electrons. The van der Waals surface area contributed by atoms with Crippen LogP contribution in [0.1, 0.15) is 5.69 Å². The molecule has 0 aliphatic heterocycles. The van der Waals surface area contributed by atoms with E-state index < -0.39 is 0 Å². The Morgan fingerprint density at radius 2 is 1.79 bits per heavy atom. The van der Waals surface area contributed by atoms with E-state index in [-0.39, 0.29) is 24.2 Å². The van der Waals surface area contributed by atoms with Crippen LogP contribution in [0.2, 0.25) is 0 Å². The van der Waals surface area contributed by atoms with Crippen molar-refractivity contribution < 1.29 is 14.3 Å². The molecule has 0 bridgehead atoms. The molecular formula is C20H19N3O3S2. The van der Waals surface area contributed by atoms with Gasteiger partial charge in [-0.25, -0.2) is 4.98 Å². The molecule has 2 N–H and O–H groups in total. The second-order valence-corrected chi connectivity index (χ2v) is 7.71. The lowest BCUT2D eigenvalue weighted by atomic mass is 10.3. The molecule has 0 aliphatic rings. The Hall–Kier alpha value is -2.84. The molecule has 1 heterocycles. The Balaban J connectivity index is 1.41. The van der Waals surface area contributed by atoms with Crippen LogP contribution in [0.15, 0.2) is 64.9 Å². The number of thiazole rings is 1. The minimum Gasteiger partial charge on any atom is -0.484 e. The zero-order valence-corrected chi connectivity index (χ0v) is 16.8. The van der Waals surface area contributed by atoms with Gasteiger partial charge in [-0.05, 0) is 43.3 Å². The quantitative estimate of drug-likeness (QED) is 0.541. The number of carbonyl (C=O) groups is 2. The number of nitrogens with zero attached hydrogens (tertiary/aromatic N) is 1. The van der Waals surface area contributed by atoms with E-state index in [4.69, 9.17) is 4.74 Å². The molecule has 2 amide bonds. The number of hydrogen-bond acceptors (Lipinski definition) is 6. The van der Waals surface area contributed by atoms with Crippen molar-refractivity contribution in [2.24, 2.45) is 0 Å². The van der Waals surface area contributed by atoms with Gasteiger partial charge in [-0.15, -0.1) is 23.1 Å². The highest BCUT2D eigenvalue weighted by Gasteiger charge is 2.07. The second-order valence-electron chi connectivity index (χ2n) is 5.81. The van der Waals surface area contributed by atoms with Crippen molar-refractivity contribution >= 4 is 45.7 Å². The summed E-state index contributed by atoms with van der Waals surface area (Å²) in [5.41, 5.74) is 1.56. The van der Waals surface area contributed by atoms with Gasteiger partial charge in [0, 0.05) is 16.0 Å². The molecule has 3 aromatic rings. The van der Waals surface area contributed by atoms with E-state index in [1.165, 1.54) is 23.1 Å². The van der Waals surface area contributed by atoms with Crippen molar-refractivity contribution in [3.8, 4) is 5.75 Å². The lowest BCUT2D eigenvalue weighted by molar-refractivity contribution is -0.118. The summed E-state index contributed by atoms with van der Waals surface area (Å²) in [6.45, 7) is 1.83. The van der Waals surface area contributed by atoms with Crippen LogP contribution in [0.25, 0.3) is 0 Å². The number of carbonyl (C=O) groups excluding carboxylic acids is 2. The first-order valence-corrected chi connectivity index (χ1v) is 10.4. The first kappa shape index (κ1) is 19.9. The normalized spacial score (nSPS) is 10.3. The van der Waals surface area contributed by atoms with Crippen molar-refractivity contribution in [1.82, 2.24) is 4.98 Å². The summed E-state index contributed by atoms with van der Waals surface area (Å²) in [5.74, 6) is 0.600. The molecule has 8 heteroatoms. The number of ether oxygens (including phenoxy) is 1. The van der Waals surface area contributed by atoms with Gasteiger partial charge in [0.05, 0.1) is 11.4 Å². The van der Waals surface area contributed by atoms with E-state index in [1.807, 2.05) is 42.6 Å². The molecule has 3 rings (SSSR count). The van der Waals surface area contributed by atoms with Crippen LogP contribution in [0, 0.1) is 6.92 Å². The van der Waals surface area contributed by atoms with Gasteiger partial charge in [-0.3, -0.25) is 9.59 Å². The summed E-state index contributed by atoms with van der Waals surface area (Å²) in [6.07, 6.45) is 0. The largest absolute Gasteiger partial charge is 0.484 e. The first-order chi connectivity index (χ1) is 13.6. The highest BCUT2D eigenvalue weighted by molar-refractivity contribution is 8.00. The van der Waals surface area contributed by atoms with Crippen molar-refractivity contribution in [3.63, 3.8) is 0 Å². The van der Waals surface area contributed by atoms with E-state index in [9.17, 15) is 9.59 Å². The van der Waals surface area contributed by atoms with Crippen LogP contribution < -0.4 is 15.4 Å². The molecule has 6 nitrogen and oxygen atoms in total. The molecule has 0 saturated heterocycles. The van der Waals surface area contributed by atoms with Crippen LogP contribution in [0.3, 0.4) is 0 Å². The third kappa shape index (κ3) is 6.40. The van der Waals surface area contributed by atoms with Gasteiger partial charge in [0.2, 0.25) is 5.91 Å². The number of thioether (sulfide) groups is 1. The summed E-state index contributed by atoms with van der Waals surface area (Å²) < 4.78 is 5.41. The predicted molar refractivity (Wildman–Crippen MR) is 113 cm³/mol. The lowest BCUT2D eigenvalue weighted by Gasteiger charge is -2.08. The highest BCUT2D eigenvalue weighted by Crippen LogP contribution is 2.21. The van der Waals surface area contributed by atoms with Gasteiger partial charge in [0.15, 0.2) is 11.7 Å². The average molecular weight is 414 g/mol. The van der Waals surface area contributed by atoms with Crippen LogP contribution in [-0.2, 0) is 9.59 Å². The fraction of sp³-hybridized carbons (Fsp3) is 0.150. The second kappa shape index (κ2) is 9.91. The SMILES string of the molecule is Cc1csc(NC(=O)CSc2ccc(NC(=O)COc3ccccc3)cc2)n1. The standard InChI is InChI=1S/C20H19N3O3S2/c1-14-12-28-20(21-14)23-19(25)13-27-17-9-7-15(8-10-17)22-18(24)11-26-16-5-3-2-4-6-16/h2-10,12H,11,13H2,1H3,(H,22,24)(H,21,23,25). The van der Waals surface area contributed by atoms with E-state index in [1.54, 1.807) is 24.3 Å². The zero-order chi connectivity index (χ0) is 19.8. The number of nitrogens with one attached hydrogen (secondary N) is 2. The minimum absolute atomic E-state index is 0.0586. The number of hydrogen-bond donors (Lipinski definition) is 2. The van der Waals surface area contributed by atoms with Crippen molar-refractivity contribution in [2.75, 3.05) is 23.0 Å². The Bertz CT molecular complexity index is 927. The Morgan fingerprint density at radius 1 is 1.04 bits per heavy atom. The lowest BCUT2D eigenvalue weighted by Crippen LogP contribution is -2.20. The number of benzene rings is 2. The summed E-state index contributed by atoms with van der Waals surface area (Å²) in [4.78, 5) is 29.1. The number of para-hydroxylation sites is 1. The molecule has 0 spiro atoms. The molecule has 0 radical (unpaired) electrons. The van der Waals surface area contributed by atoms with Crippen LogP contribution in [-0.4, -0.2) is 29.2 Å². The first-order valence-electron chi connectivity index (χ1n) is 8.51. The van der Waals surface area contributed by atoms with Gasteiger partial charge < -0.3 is 15.4 Å². The summed E-state index contributed by atoms with van der Waals surface area (Å²) in [5, 5.41) is 8.05. The monoisotopic (exact) mass is 413 g/mol. The van der Waals surface area contributed by atoms with E-state index in [2.05, 4.69) is 15.6 Å². The Labute approximate surface area is 171 Å². The molecule has 0 unspecified atom stereocenters. The third-order valence-electron chi connectivity index (χ3n) is 3.49. The third-order valence-corrected chi connectivity index (χ3v) is 5.37. The number of rotatable bonds is 8. The molecule has 0 saturated carbocycles. The maximum Gasteiger partial charge on any atom is 0.262 e. The summed E-state index contributed by atoms with van der Waals surface area (Å²) in [7, 11) is 0. The maximum atomic E-state index is 12.0. The number of anilines is 2. The fourth-order valence-corrected chi connectivity index (χ4v) is 3.62. The molecule has 0 atom stereocenters. The topological polar surface area (TPSA) is 80.3 Å². The van der Waals surface area contributed by atoms with E-state index in [0.29, 0.717) is 16.6 Å². The van der Waals surface area contributed by atoms with Gasteiger partial charge in [-0.1, -0.05) is 18.2 Å². The van der Waals surface area contributed by atoms with Crippen LogP contribution >= 0.6 is 23.1 Å². The molecule has 0 aliphatic carbocycles. The number of amides is 2. The smallest absolute Gasteiger partial charge is 0.262 e. The Kier molecular flexibility index (Phi) is 7.05. The molecular weight excluding hydrogens is 394 g/mol. The maximum absolute atomic E-state index is 12.0. The van der Waals surface area contributed by atoms with E-state index in [0.717, 1.165) is 10.6 Å². The number of aromatic nitrogens is 1. The Morgan fingerprint density at radius 3 is 2.46 bits per heavy atom. The van der Waals surface area contributed by atoms with Crippen molar-refractivity contribution in [1.29, 1.82) is 0 Å². The van der Waals surface area contributed by atoms with Crippen LogP contribution in [0.5, 0.6) is 5.75 Å². The van der Waals surface area contributed by atoms with Gasteiger partial charge in [-0.2, -0.15) is 0 Å². The van der Waals surface area contributed by atoms with Gasteiger partial charge >= 0.3 is 0 Å². The van der Waals surface area contributed by atoms with Crippen molar-refractivity contribution in [2.45, 2.75) is 11.8 Å². The molecule has 0 fully saturated rings.